The molecule has 0 saturated heterocycles. The topological polar surface area (TPSA) is 54.5 Å². The van der Waals surface area contributed by atoms with Crippen LogP contribution in [0.5, 0.6) is 0 Å². The molecule has 1 aromatic heterocycles. The summed E-state index contributed by atoms with van der Waals surface area (Å²) in [6.07, 6.45) is 1.28. The highest BCUT2D eigenvalue weighted by molar-refractivity contribution is 5.70. The van der Waals surface area contributed by atoms with Crippen molar-refractivity contribution in [1.82, 2.24) is 20.6 Å². The van der Waals surface area contributed by atoms with E-state index in [0.29, 0.717) is 0 Å². The van der Waals surface area contributed by atoms with E-state index >= 15 is 0 Å². The van der Waals surface area contributed by atoms with E-state index in [2.05, 4.69) is 27.2 Å². The average molecular weight is 208 g/mol. The lowest BCUT2D eigenvalue weighted by atomic mass is 10.1. The second kappa shape index (κ2) is 3.56. The largest absolute Gasteiger partial charge is 0.207 e. The number of hydrogen-bond donors (Lipinski definition) is 1. The van der Waals surface area contributed by atoms with Crippen LogP contribution in [0.2, 0.25) is 0 Å². The first kappa shape index (κ1) is 9.45. The van der Waals surface area contributed by atoms with Gasteiger partial charge in [-0.25, -0.2) is 8.78 Å². The summed E-state index contributed by atoms with van der Waals surface area (Å²) in [4.78, 5) is 0. The van der Waals surface area contributed by atoms with Crippen molar-refractivity contribution in [3.63, 3.8) is 0 Å². The van der Waals surface area contributed by atoms with E-state index in [9.17, 15) is 8.78 Å². The first-order valence-corrected chi connectivity index (χ1v) is 4.07. The second-order valence-electron chi connectivity index (χ2n) is 2.79. The van der Waals surface area contributed by atoms with Gasteiger partial charge in [0, 0.05) is 17.2 Å². The zero-order chi connectivity index (χ0) is 10.8. The number of aromatic nitrogens is 4. The third-order valence-electron chi connectivity index (χ3n) is 1.88. The van der Waals surface area contributed by atoms with Crippen LogP contribution in [-0.2, 0) is 0 Å². The zero-order valence-corrected chi connectivity index (χ0v) is 7.54. The molecule has 76 valence electrons. The number of H-pyrrole nitrogens is 1. The Labute approximate surface area is 83.6 Å². The summed E-state index contributed by atoms with van der Waals surface area (Å²) in [6.45, 7) is 3.44. The van der Waals surface area contributed by atoms with Gasteiger partial charge in [-0.05, 0) is 11.3 Å². The highest BCUT2D eigenvalue weighted by atomic mass is 19.1. The van der Waals surface area contributed by atoms with Gasteiger partial charge in [0.1, 0.15) is 11.6 Å². The third-order valence-corrected chi connectivity index (χ3v) is 1.88. The summed E-state index contributed by atoms with van der Waals surface area (Å²) in [5, 5.41) is 12.8. The number of aromatic amines is 1. The SMILES string of the molecule is C=Cc1c(F)cc(F)cc1-c1nn[nH]n1. The van der Waals surface area contributed by atoms with Crippen molar-refractivity contribution in [1.29, 1.82) is 0 Å². The molecule has 0 unspecified atom stereocenters. The highest BCUT2D eigenvalue weighted by Gasteiger charge is 2.13. The van der Waals surface area contributed by atoms with Crippen LogP contribution in [0.4, 0.5) is 8.78 Å². The first-order chi connectivity index (χ1) is 7.22. The molecule has 0 saturated carbocycles. The molecule has 0 aliphatic rings. The van der Waals surface area contributed by atoms with Crippen LogP contribution in [0, 0.1) is 11.6 Å². The van der Waals surface area contributed by atoms with Gasteiger partial charge in [0.15, 0.2) is 0 Å². The Balaban J connectivity index is 2.69. The number of nitrogens with zero attached hydrogens (tertiary/aromatic N) is 3. The number of nitrogens with one attached hydrogen (secondary N) is 1. The van der Waals surface area contributed by atoms with Gasteiger partial charge in [0.2, 0.25) is 5.82 Å². The molecule has 15 heavy (non-hydrogen) atoms. The minimum absolute atomic E-state index is 0.128. The molecule has 0 aliphatic heterocycles. The Kier molecular flexibility index (Phi) is 2.24. The maximum absolute atomic E-state index is 13.3. The molecule has 1 aromatic carbocycles. The normalized spacial score (nSPS) is 10.3. The van der Waals surface area contributed by atoms with Gasteiger partial charge in [-0.2, -0.15) is 5.21 Å². The number of tetrazole rings is 1. The second-order valence-corrected chi connectivity index (χ2v) is 2.79. The lowest BCUT2D eigenvalue weighted by Crippen LogP contribution is -1.92. The van der Waals surface area contributed by atoms with E-state index in [1.165, 1.54) is 6.08 Å². The van der Waals surface area contributed by atoms with E-state index in [4.69, 9.17) is 0 Å². The maximum atomic E-state index is 13.3. The molecular formula is C9H6F2N4. The van der Waals surface area contributed by atoms with Gasteiger partial charge in [0.05, 0.1) is 0 Å². The van der Waals surface area contributed by atoms with Crippen molar-refractivity contribution in [2.75, 3.05) is 0 Å². The van der Waals surface area contributed by atoms with Crippen LogP contribution in [-0.4, -0.2) is 20.6 Å². The van der Waals surface area contributed by atoms with Gasteiger partial charge in [-0.15, -0.1) is 10.2 Å². The van der Waals surface area contributed by atoms with Crippen LogP contribution < -0.4 is 0 Å². The van der Waals surface area contributed by atoms with E-state index < -0.39 is 11.6 Å². The Morgan fingerprint density at radius 1 is 1.33 bits per heavy atom. The number of halogens is 2. The molecule has 1 heterocycles. The molecule has 0 atom stereocenters. The van der Waals surface area contributed by atoms with Crippen molar-refractivity contribution >= 4 is 6.08 Å². The van der Waals surface area contributed by atoms with Crippen LogP contribution in [0.15, 0.2) is 18.7 Å². The van der Waals surface area contributed by atoms with Gasteiger partial charge in [-0.1, -0.05) is 12.7 Å². The van der Waals surface area contributed by atoms with E-state index in [0.717, 1.165) is 12.1 Å². The van der Waals surface area contributed by atoms with Crippen molar-refractivity contribution in [2.24, 2.45) is 0 Å². The Morgan fingerprint density at radius 2 is 2.13 bits per heavy atom. The van der Waals surface area contributed by atoms with Crippen LogP contribution in [0.1, 0.15) is 5.56 Å². The molecule has 6 heteroatoms. The summed E-state index contributed by atoms with van der Waals surface area (Å²) in [6, 6.07) is 1.91. The summed E-state index contributed by atoms with van der Waals surface area (Å²) in [7, 11) is 0. The van der Waals surface area contributed by atoms with E-state index in [1.807, 2.05) is 0 Å². The predicted molar refractivity (Wildman–Crippen MR) is 49.6 cm³/mol. The average Bonchev–Trinajstić information content (AvgIpc) is 2.69. The minimum Gasteiger partial charge on any atom is -0.207 e. The van der Waals surface area contributed by atoms with Gasteiger partial charge >= 0.3 is 0 Å². The monoisotopic (exact) mass is 208 g/mol. The predicted octanol–water partition coefficient (Wildman–Crippen LogP) is 1.79. The Hall–Kier alpha value is -2.11. The van der Waals surface area contributed by atoms with Crippen LogP contribution >= 0.6 is 0 Å². The summed E-state index contributed by atoms with van der Waals surface area (Å²) in [5.41, 5.74) is 0.369. The number of hydrogen-bond acceptors (Lipinski definition) is 3. The van der Waals surface area contributed by atoms with Crippen molar-refractivity contribution in [3.05, 3.63) is 35.9 Å². The maximum Gasteiger partial charge on any atom is 0.205 e. The van der Waals surface area contributed by atoms with Crippen molar-refractivity contribution in [3.8, 4) is 11.4 Å². The fourth-order valence-corrected chi connectivity index (χ4v) is 1.25. The molecule has 2 aromatic rings. The first-order valence-electron chi connectivity index (χ1n) is 4.07. The molecule has 2 rings (SSSR count). The highest BCUT2D eigenvalue weighted by Crippen LogP contribution is 2.24. The lowest BCUT2D eigenvalue weighted by molar-refractivity contribution is 0.582. The van der Waals surface area contributed by atoms with E-state index in [-0.39, 0.29) is 17.0 Å². The standard InChI is InChI=1S/C9H6F2N4/c1-2-6-7(9-12-14-15-13-9)3-5(10)4-8(6)11/h2-4H,1H2,(H,12,13,14,15). The third kappa shape index (κ3) is 1.61. The van der Waals surface area contributed by atoms with E-state index in [1.54, 1.807) is 0 Å². The van der Waals surface area contributed by atoms with Crippen LogP contribution in [0.3, 0.4) is 0 Å². The molecular weight excluding hydrogens is 202 g/mol. The fraction of sp³-hybridized carbons (Fsp3) is 0. The number of benzene rings is 1. The molecule has 0 aliphatic carbocycles. The molecule has 0 fully saturated rings. The van der Waals surface area contributed by atoms with Crippen molar-refractivity contribution in [2.45, 2.75) is 0 Å². The molecule has 0 radical (unpaired) electrons. The van der Waals surface area contributed by atoms with Gasteiger partial charge in [-0.3, -0.25) is 0 Å². The molecule has 0 amide bonds. The van der Waals surface area contributed by atoms with Gasteiger partial charge in [0.25, 0.3) is 0 Å². The molecule has 0 bridgehead atoms. The Bertz CT molecular complexity index is 493. The zero-order valence-electron chi connectivity index (χ0n) is 7.54. The number of rotatable bonds is 2. The minimum atomic E-state index is -0.704. The summed E-state index contributed by atoms with van der Waals surface area (Å²) in [5.74, 6) is -1.27. The van der Waals surface area contributed by atoms with Crippen LogP contribution in [0.25, 0.3) is 17.5 Å². The quantitative estimate of drug-likeness (QED) is 0.818. The molecule has 0 spiro atoms. The van der Waals surface area contributed by atoms with Crippen molar-refractivity contribution < 1.29 is 8.78 Å². The molecule has 4 nitrogen and oxygen atoms in total. The summed E-state index contributed by atoms with van der Waals surface area (Å²) < 4.78 is 26.3. The fourth-order valence-electron chi connectivity index (χ4n) is 1.25. The smallest absolute Gasteiger partial charge is 0.205 e. The Morgan fingerprint density at radius 3 is 2.73 bits per heavy atom. The van der Waals surface area contributed by atoms with Gasteiger partial charge < -0.3 is 0 Å². The summed E-state index contributed by atoms with van der Waals surface area (Å²) >= 11 is 0. The molecule has 1 N–H and O–H groups in total. The lowest BCUT2D eigenvalue weighted by Gasteiger charge is -2.02.